The molecule has 0 radical (unpaired) electrons. The number of fused-ring (bicyclic) bond motifs is 1. The molecule has 0 unspecified atom stereocenters. The molecule has 0 spiro atoms. The number of anilines is 1. The molecule has 2 aromatic heterocycles. The van der Waals surface area contributed by atoms with Crippen LogP contribution in [0.4, 0.5) is 5.82 Å². The van der Waals surface area contributed by atoms with Gasteiger partial charge in [0.05, 0.1) is 24.4 Å². The predicted molar refractivity (Wildman–Crippen MR) is 124 cm³/mol. The number of aliphatic hydroxyl groups excluding tert-OH is 2. The second-order valence-corrected chi connectivity index (χ2v) is 8.18. The summed E-state index contributed by atoms with van der Waals surface area (Å²) >= 11 is 0. The lowest BCUT2D eigenvalue weighted by atomic mass is 10.0. The van der Waals surface area contributed by atoms with Crippen LogP contribution in [0.1, 0.15) is 23.9 Å². The minimum absolute atomic E-state index is 0.0296. The van der Waals surface area contributed by atoms with Crippen LogP contribution in [0.25, 0.3) is 22.3 Å². The topological polar surface area (TPSA) is 147 Å². The van der Waals surface area contributed by atoms with Gasteiger partial charge in [-0.2, -0.15) is 0 Å². The minimum atomic E-state index is -1.39. The first-order valence-electron chi connectivity index (χ1n) is 10.7. The first-order chi connectivity index (χ1) is 16.4. The maximum Gasteiger partial charge on any atom is 0.309 e. The van der Waals surface area contributed by atoms with Crippen molar-refractivity contribution in [1.82, 2.24) is 19.5 Å². The molecule has 5 N–H and O–H groups in total. The summed E-state index contributed by atoms with van der Waals surface area (Å²) in [6, 6.07) is 17.1. The van der Waals surface area contributed by atoms with E-state index in [1.165, 1.54) is 10.9 Å². The van der Waals surface area contributed by atoms with Crippen LogP contribution in [0.15, 0.2) is 60.9 Å². The Labute approximate surface area is 194 Å². The number of aromatic nitrogens is 4. The molecule has 34 heavy (non-hydrogen) atoms. The Balaban J connectivity index is 1.45. The molecule has 5 rings (SSSR count). The highest BCUT2D eigenvalue weighted by molar-refractivity contribution is 5.82. The Kier molecular flexibility index (Phi) is 5.45. The van der Waals surface area contributed by atoms with Crippen LogP contribution < -0.4 is 5.73 Å². The van der Waals surface area contributed by atoms with E-state index in [4.69, 9.17) is 5.73 Å². The van der Waals surface area contributed by atoms with Crippen LogP contribution in [0, 0.1) is 17.8 Å². The standard InChI is InChI=1S/C25H21N5O4/c26-23-20-24(30(13-27-20)18-12-17(25(33)34)21(31)22(18)32)29-19(28-23)11-8-14-6-9-16(10-7-14)15-4-2-1-3-5-15/h1-7,9-10,13,17-18,21-22,31-32H,12H2,(H,33,34)(H2,26,28,29)/t17-,18+,21+,22-/m0/s1. The highest BCUT2D eigenvalue weighted by atomic mass is 16.4. The SMILES string of the molecule is Nc1nc(C#Cc2ccc(-c3ccccc3)cc2)nc2c1ncn2[C@@H]1C[C@H](C(=O)O)[C@@H](O)[C@H]1O. The number of nitrogen functional groups attached to an aromatic ring is 1. The van der Waals surface area contributed by atoms with Crippen molar-refractivity contribution in [3.63, 3.8) is 0 Å². The number of carboxylic acids is 1. The van der Waals surface area contributed by atoms with Crippen LogP contribution in [0.3, 0.4) is 0 Å². The van der Waals surface area contributed by atoms with E-state index in [1.54, 1.807) is 0 Å². The molecular formula is C25H21N5O4. The highest BCUT2D eigenvalue weighted by Gasteiger charge is 2.46. The van der Waals surface area contributed by atoms with Gasteiger partial charge in [-0.1, -0.05) is 48.4 Å². The molecule has 170 valence electrons. The Morgan fingerprint density at radius 3 is 2.35 bits per heavy atom. The third-order valence-corrected chi connectivity index (χ3v) is 6.09. The number of carboxylic acid groups (broad SMARTS) is 1. The van der Waals surface area contributed by atoms with Crippen LogP contribution in [0.2, 0.25) is 0 Å². The quantitative estimate of drug-likeness (QED) is 0.342. The summed E-state index contributed by atoms with van der Waals surface area (Å²) in [5.41, 5.74) is 9.66. The van der Waals surface area contributed by atoms with Gasteiger partial charge in [0.1, 0.15) is 11.6 Å². The first kappa shape index (κ1) is 21.6. The Bertz CT molecular complexity index is 1420. The van der Waals surface area contributed by atoms with Gasteiger partial charge >= 0.3 is 5.97 Å². The molecule has 1 aliphatic carbocycles. The van der Waals surface area contributed by atoms with Gasteiger partial charge in [-0.25, -0.2) is 15.0 Å². The fourth-order valence-electron chi connectivity index (χ4n) is 4.27. The number of benzene rings is 2. The molecule has 4 aromatic rings. The minimum Gasteiger partial charge on any atom is -0.481 e. The fraction of sp³-hybridized carbons (Fsp3) is 0.200. The van der Waals surface area contributed by atoms with E-state index < -0.39 is 30.1 Å². The number of nitrogens with two attached hydrogens (primary N) is 1. The number of aliphatic hydroxyl groups is 2. The molecule has 1 aliphatic rings. The smallest absolute Gasteiger partial charge is 0.309 e. The normalized spacial score (nSPS) is 21.8. The number of hydrogen-bond donors (Lipinski definition) is 4. The lowest BCUT2D eigenvalue weighted by Gasteiger charge is -2.18. The maximum absolute atomic E-state index is 11.4. The van der Waals surface area contributed by atoms with Gasteiger partial charge in [0.15, 0.2) is 11.5 Å². The largest absolute Gasteiger partial charge is 0.481 e. The lowest BCUT2D eigenvalue weighted by molar-refractivity contribution is -0.145. The summed E-state index contributed by atoms with van der Waals surface area (Å²) in [6.45, 7) is 0. The maximum atomic E-state index is 11.4. The molecule has 1 fully saturated rings. The van der Waals surface area contributed by atoms with Crippen molar-refractivity contribution >= 4 is 23.0 Å². The van der Waals surface area contributed by atoms with Crippen molar-refractivity contribution in [2.24, 2.45) is 5.92 Å². The summed E-state index contributed by atoms with van der Waals surface area (Å²) in [5.74, 6) is 3.96. The summed E-state index contributed by atoms with van der Waals surface area (Å²) in [5, 5.41) is 29.9. The number of nitrogens with zero attached hydrogens (tertiary/aromatic N) is 4. The van der Waals surface area contributed by atoms with E-state index in [1.807, 2.05) is 54.6 Å². The Morgan fingerprint density at radius 2 is 1.68 bits per heavy atom. The average molecular weight is 455 g/mol. The molecule has 2 aromatic carbocycles. The first-order valence-corrected chi connectivity index (χ1v) is 10.7. The van der Waals surface area contributed by atoms with Crippen LogP contribution in [-0.4, -0.2) is 53.0 Å². The number of hydrogen-bond acceptors (Lipinski definition) is 7. The van der Waals surface area contributed by atoms with E-state index >= 15 is 0 Å². The molecule has 0 aliphatic heterocycles. The predicted octanol–water partition coefficient (Wildman–Crippen LogP) is 1.84. The van der Waals surface area contributed by atoms with Crippen molar-refractivity contribution in [1.29, 1.82) is 0 Å². The van der Waals surface area contributed by atoms with Crippen LogP contribution in [-0.2, 0) is 4.79 Å². The number of rotatable bonds is 3. The van der Waals surface area contributed by atoms with Crippen molar-refractivity contribution in [2.45, 2.75) is 24.7 Å². The zero-order valence-corrected chi connectivity index (χ0v) is 17.9. The second-order valence-electron chi connectivity index (χ2n) is 8.18. The Hall–Kier alpha value is -4.26. The van der Waals surface area contributed by atoms with Crippen LogP contribution >= 0.6 is 0 Å². The monoisotopic (exact) mass is 455 g/mol. The summed E-state index contributed by atoms with van der Waals surface area (Å²) in [6.07, 6.45) is -1.23. The average Bonchev–Trinajstić information content (AvgIpc) is 3.40. The third kappa shape index (κ3) is 3.85. The van der Waals surface area contributed by atoms with Crippen molar-refractivity contribution < 1.29 is 20.1 Å². The van der Waals surface area contributed by atoms with Gasteiger partial charge < -0.3 is 25.6 Å². The molecular weight excluding hydrogens is 434 g/mol. The molecule has 1 saturated carbocycles. The van der Waals surface area contributed by atoms with Gasteiger partial charge in [0, 0.05) is 5.56 Å². The van der Waals surface area contributed by atoms with E-state index in [0.29, 0.717) is 11.2 Å². The lowest BCUT2D eigenvalue weighted by Crippen LogP contribution is -2.32. The number of aliphatic carboxylic acids is 1. The van der Waals surface area contributed by atoms with E-state index in [9.17, 15) is 20.1 Å². The second kappa shape index (κ2) is 8.59. The molecule has 0 saturated heterocycles. The van der Waals surface area contributed by atoms with Gasteiger partial charge in [-0.15, -0.1) is 0 Å². The van der Waals surface area contributed by atoms with E-state index in [2.05, 4.69) is 26.8 Å². The van der Waals surface area contributed by atoms with E-state index in [-0.39, 0.29) is 18.1 Å². The molecule has 9 nitrogen and oxygen atoms in total. The van der Waals surface area contributed by atoms with Crippen molar-refractivity contribution in [2.75, 3.05) is 5.73 Å². The van der Waals surface area contributed by atoms with Gasteiger partial charge in [-0.3, -0.25) is 4.79 Å². The van der Waals surface area contributed by atoms with Gasteiger partial charge in [0.25, 0.3) is 0 Å². The number of imidazole rings is 1. The molecule has 2 heterocycles. The van der Waals surface area contributed by atoms with E-state index in [0.717, 1.165) is 16.7 Å². The van der Waals surface area contributed by atoms with Crippen LogP contribution in [0.5, 0.6) is 0 Å². The summed E-state index contributed by atoms with van der Waals surface area (Å²) in [4.78, 5) is 24.3. The zero-order chi connectivity index (χ0) is 23.8. The summed E-state index contributed by atoms with van der Waals surface area (Å²) in [7, 11) is 0. The number of carbonyl (C=O) groups is 1. The highest BCUT2D eigenvalue weighted by Crippen LogP contribution is 2.37. The molecule has 0 amide bonds. The van der Waals surface area contributed by atoms with Crippen molar-refractivity contribution in [3.8, 4) is 23.0 Å². The Morgan fingerprint density at radius 1 is 0.971 bits per heavy atom. The zero-order valence-electron chi connectivity index (χ0n) is 17.9. The third-order valence-electron chi connectivity index (χ3n) is 6.09. The summed E-state index contributed by atoms with van der Waals surface area (Å²) < 4.78 is 1.53. The fourth-order valence-corrected chi connectivity index (χ4v) is 4.27. The molecule has 9 heteroatoms. The molecule has 4 atom stereocenters. The van der Waals surface area contributed by atoms with Gasteiger partial charge in [-0.05, 0) is 35.6 Å². The molecule has 0 bridgehead atoms. The van der Waals surface area contributed by atoms with Gasteiger partial charge in [0.2, 0.25) is 5.82 Å². The van der Waals surface area contributed by atoms with Crippen molar-refractivity contribution in [3.05, 3.63) is 72.3 Å².